The van der Waals surface area contributed by atoms with Gasteiger partial charge in [-0.3, -0.25) is 9.05 Å². The molecule has 1 heterocycles. The van der Waals surface area contributed by atoms with E-state index in [9.17, 15) is 4.57 Å². The molecule has 188 valence electrons. The second-order valence-electron chi connectivity index (χ2n) is 10.8. The molecule has 6 heteroatoms. The smallest absolute Gasteiger partial charge is 0.487 e. The third-order valence-corrected chi connectivity index (χ3v) is 9.01. The molecule has 0 spiro atoms. The van der Waals surface area contributed by atoms with Crippen LogP contribution < -0.4 is 9.26 Å². The number of fused-ring (bicyclic) bond motifs is 7. The van der Waals surface area contributed by atoms with Crippen molar-refractivity contribution in [1.82, 2.24) is 0 Å². The molecule has 2 aliphatic carbocycles. The first-order valence-electron chi connectivity index (χ1n) is 12.9. The SMILES string of the molecule is CC1(C)CCc2cc(OP(=O)(OCc3ccccc3)OCc3ccccc3)c3c(c2O1)C1CCC3C1. The van der Waals surface area contributed by atoms with Gasteiger partial charge in [0.2, 0.25) is 0 Å². The molecule has 0 amide bonds. The Morgan fingerprint density at radius 2 is 1.47 bits per heavy atom. The van der Waals surface area contributed by atoms with Gasteiger partial charge in [-0.25, -0.2) is 4.57 Å². The van der Waals surface area contributed by atoms with Crippen LogP contribution in [-0.2, 0) is 33.2 Å². The van der Waals surface area contributed by atoms with Gasteiger partial charge in [0.25, 0.3) is 0 Å². The molecule has 36 heavy (non-hydrogen) atoms. The van der Waals surface area contributed by atoms with Crippen molar-refractivity contribution in [2.75, 3.05) is 0 Å². The zero-order valence-electron chi connectivity index (χ0n) is 20.9. The number of ether oxygens (including phenoxy) is 1. The van der Waals surface area contributed by atoms with Crippen LogP contribution in [0.1, 0.15) is 79.2 Å². The molecule has 1 aliphatic heterocycles. The summed E-state index contributed by atoms with van der Waals surface area (Å²) in [6.45, 7) is 4.60. The molecular weight excluding hydrogens is 471 g/mol. The fourth-order valence-corrected chi connectivity index (χ4v) is 7.06. The molecule has 3 aromatic rings. The minimum Gasteiger partial charge on any atom is -0.487 e. The molecule has 2 atom stereocenters. The summed E-state index contributed by atoms with van der Waals surface area (Å²) < 4.78 is 38.8. The Morgan fingerprint density at radius 1 is 0.889 bits per heavy atom. The highest BCUT2D eigenvalue weighted by molar-refractivity contribution is 7.48. The Balaban J connectivity index is 1.34. The van der Waals surface area contributed by atoms with Crippen LogP contribution in [0.5, 0.6) is 11.5 Å². The van der Waals surface area contributed by atoms with Crippen LogP contribution in [0, 0.1) is 0 Å². The molecule has 6 rings (SSSR count). The monoisotopic (exact) mass is 504 g/mol. The van der Waals surface area contributed by atoms with Crippen molar-refractivity contribution in [1.29, 1.82) is 0 Å². The van der Waals surface area contributed by atoms with Gasteiger partial charge >= 0.3 is 7.82 Å². The van der Waals surface area contributed by atoms with E-state index in [0.29, 0.717) is 17.6 Å². The van der Waals surface area contributed by atoms with Gasteiger partial charge in [0.1, 0.15) is 17.1 Å². The Kier molecular flexibility index (Phi) is 6.19. The van der Waals surface area contributed by atoms with E-state index in [4.69, 9.17) is 18.3 Å². The van der Waals surface area contributed by atoms with Crippen molar-refractivity contribution in [3.63, 3.8) is 0 Å². The Bertz CT molecular complexity index is 1240. The maximum Gasteiger partial charge on any atom is 0.530 e. The number of benzene rings is 3. The Labute approximate surface area is 213 Å². The molecule has 5 nitrogen and oxygen atoms in total. The minimum absolute atomic E-state index is 0.142. The van der Waals surface area contributed by atoms with E-state index in [-0.39, 0.29) is 18.8 Å². The highest BCUT2D eigenvalue weighted by Gasteiger charge is 2.45. The number of aryl methyl sites for hydroxylation is 1. The van der Waals surface area contributed by atoms with Crippen molar-refractivity contribution in [3.05, 3.63) is 94.5 Å². The van der Waals surface area contributed by atoms with E-state index in [1.807, 2.05) is 66.7 Å². The van der Waals surface area contributed by atoms with Gasteiger partial charge in [0, 0.05) is 11.1 Å². The molecule has 3 aliphatic rings. The number of phosphoric ester groups is 1. The van der Waals surface area contributed by atoms with Gasteiger partial charge in [-0.15, -0.1) is 0 Å². The zero-order chi connectivity index (χ0) is 24.8. The third kappa shape index (κ3) is 4.72. The fraction of sp³-hybridized carbons (Fsp3) is 0.400. The molecule has 1 fully saturated rings. The summed E-state index contributed by atoms with van der Waals surface area (Å²) in [5.74, 6) is 2.55. The molecule has 0 N–H and O–H groups in total. The van der Waals surface area contributed by atoms with Crippen LogP contribution in [0.2, 0.25) is 0 Å². The number of rotatable bonds is 8. The lowest BCUT2D eigenvalue weighted by Crippen LogP contribution is -2.33. The van der Waals surface area contributed by atoms with E-state index in [0.717, 1.165) is 53.7 Å². The summed E-state index contributed by atoms with van der Waals surface area (Å²) in [6.07, 6.45) is 5.23. The normalized spacial score (nSPS) is 21.5. The first kappa shape index (κ1) is 23.8. The summed E-state index contributed by atoms with van der Waals surface area (Å²) in [6, 6.07) is 21.4. The first-order chi connectivity index (χ1) is 17.4. The average molecular weight is 505 g/mol. The summed E-state index contributed by atoms with van der Waals surface area (Å²) >= 11 is 0. The molecule has 1 saturated carbocycles. The topological polar surface area (TPSA) is 54.0 Å². The van der Waals surface area contributed by atoms with Crippen molar-refractivity contribution >= 4 is 7.82 Å². The van der Waals surface area contributed by atoms with E-state index < -0.39 is 7.82 Å². The van der Waals surface area contributed by atoms with Gasteiger partial charge in [-0.05, 0) is 80.5 Å². The van der Waals surface area contributed by atoms with E-state index >= 15 is 0 Å². The second-order valence-corrected chi connectivity index (χ2v) is 12.4. The lowest BCUT2D eigenvalue weighted by molar-refractivity contribution is 0.0824. The standard InChI is InChI=1S/C30H33O5P/c1-30(2)16-15-25-18-26(27-23-13-14-24(17-23)28(27)29(25)34-30)35-36(31,32-19-21-9-5-3-6-10-21)33-20-22-11-7-4-8-12-22/h3-12,18,23-24H,13-17,19-20H2,1-2H3. The van der Waals surface area contributed by atoms with Crippen LogP contribution in [0.4, 0.5) is 0 Å². The van der Waals surface area contributed by atoms with Crippen molar-refractivity contribution in [2.45, 2.75) is 76.6 Å². The first-order valence-corrected chi connectivity index (χ1v) is 14.4. The Morgan fingerprint density at radius 3 is 2.08 bits per heavy atom. The van der Waals surface area contributed by atoms with Crippen LogP contribution in [0.25, 0.3) is 0 Å². The summed E-state index contributed by atoms with van der Waals surface area (Å²) in [7, 11) is -3.93. The Hall–Kier alpha value is -2.59. The van der Waals surface area contributed by atoms with Crippen molar-refractivity contribution in [2.24, 2.45) is 0 Å². The van der Waals surface area contributed by atoms with Gasteiger partial charge in [-0.1, -0.05) is 60.7 Å². The lowest BCUT2D eigenvalue weighted by Gasteiger charge is -2.36. The van der Waals surface area contributed by atoms with Crippen molar-refractivity contribution in [3.8, 4) is 11.5 Å². The average Bonchev–Trinajstić information content (AvgIpc) is 3.51. The fourth-order valence-electron chi connectivity index (χ4n) is 5.87. The van der Waals surface area contributed by atoms with Crippen LogP contribution in [-0.4, -0.2) is 5.60 Å². The second kappa shape index (κ2) is 9.37. The van der Waals surface area contributed by atoms with Crippen LogP contribution in [0.3, 0.4) is 0 Å². The summed E-state index contributed by atoms with van der Waals surface area (Å²) in [4.78, 5) is 0. The molecule has 0 aromatic heterocycles. The molecule has 2 unspecified atom stereocenters. The summed E-state index contributed by atoms with van der Waals surface area (Å²) in [5, 5.41) is 0. The van der Waals surface area contributed by atoms with Gasteiger partial charge < -0.3 is 9.26 Å². The van der Waals surface area contributed by atoms with Gasteiger partial charge in [0.15, 0.2) is 0 Å². The highest BCUT2D eigenvalue weighted by Crippen LogP contribution is 2.63. The molecular formula is C30H33O5P. The third-order valence-electron chi connectivity index (χ3n) is 7.70. The molecule has 2 bridgehead atoms. The maximum atomic E-state index is 14.1. The molecule has 3 aromatic carbocycles. The van der Waals surface area contributed by atoms with Gasteiger partial charge in [-0.2, -0.15) is 0 Å². The predicted molar refractivity (Wildman–Crippen MR) is 139 cm³/mol. The van der Waals surface area contributed by atoms with Crippen molar-refractivity contribution < 1.29 is 22.9 Å². The number of hydrogen-bond acceptors (Lipinski definition) is 5. The molecule has 0 radical (unpaired) electrons. The largest absolute Gasteiger partial charge is 0.530 e. The quantitative estimate of drug-likeness (QED) is 0.290. The number of phosphoric acid groups is 1. The van der Waals surface area contributed by atoms with Crippen LogP contribution >= 0.6 is 7.82 Å². The minimum atomic E-state index is -3.93. The van der Waals surface area contributed by atoms with Gasteiger partial charge in [0.05, 0.1) is 13.2 Å². The number of hydrogen-bond donors (Lipinski definition) is 0. The van der Waals surface area contributed by atoms with E-state index in [1.165, 1.54) is 12.0 Å². The maximum absolute atomic E-state index is 14.1. The van der Waals surface area contributed by atoms with E-state index in [1.54, 1.807) is 0 Å². The highest BCUT2D eigenvalue weighted by atomic mass is 31.2. The summed E-state index contributed by atoms with van der Waals surface area (Å²) in [5.41, 5.74) is 5.19. The molecule has 0 saturated heterocycles. The predicted octanol–water partition coefficient (Wildman–Crippen LogP) is 8.08. The van der Waals surface area contributed by atoms with Crippen LogP contribution in [0.15, 0.2) is 66.7 Å². The van der Waals surface area contributed by atoms with E-state index in [2.05, 4.69) is 13.8 Å². The zero-order valence-corrected chi connectivity index (χ0v) is 21.8. The lowest BCUT2D eigenvalue weighted by atomic mass is 9.85.